The number of ether oxygens (including phenoxy) is 1. The normalized spacial score (nSPS) is 18.1. The van der Waals surface area contributed by atoms with Crippen LogP contribution in [0.3, 0.4) is 0 Å². The number of benzene rings is 1. The zero-order valence-electron chi connectivity index (χ0n) is 12.1. The topological polar surface area (TPSA) is 52.8 Å². The van der Waals surface area contributed by atoms with Gasteiger partial charge in [-0.1, -0.05) is 18.2 Å². The van der Waals surface area contributed by atoms with Crippen molar-refractivity contribution in [1.82, 2.24) is 19.7 Å². The van der Waals surface area contributed by atoms with Gasteiger partial charge in [-0.2, -0.15) is 5.10 Å². The average molecular weight is 312 g/mol. The zero-order valence-corrected chi connectivity index (χ0v) is 12.9. The van der Waals surface area contributed by atoms with Gasteiger partial charge in [0.1, 0.15) is 11.4 Å². The quantitative estimate of drug-likeness (QED) is 0.547. The van der Waals surface area contributed by atoms with E-state index in [1.54, 1.807) is 18.1 Å². The minimum Gasteiger partial charge on any atom is -0.377 e. The largest absolute Gasteiger partial charge is 0.377 e. The monoisotopic (exact) mass is 312 g/mol. The predicted octanol–water partition coefficient (Wildman–Crippen LogP) is 3.09. The molecule has 0 saturated carbocycles. The number of hydrogen-bond donors (Lipinski definition) is 0. The Morgan fingerprint density at radius 1 is 1.23 bits per heavy atom. The third-order valence-corrected chi connectivity index (χ3v) is 4.90. The molecule has 1 atom stereocenters. The fourth-order valence-corrected chi connectivity index (χ4v) is 3.67. The highest BCUT2D eigenvalue weighted by Crippen LogP contribution is 2.28. The van der Waals surface area contributed by atoms with E-state index in [4.69, 9.17) is 4.74 Å². The van der Waals surface area contributed by atoms with Gasteiger partial charge in [0.2, 0.25) is 0 Å². The van der Waals surface area contributed by atoms with E-state index in [1.165, 1.54) is 0 Å². The molecule has 0 bridgehead atoms. The molecular formula is C16H16N4OS. The van der Waals surface area contributed by atoms with Gasteiger partial charge in [-0.3, -0.25) is 0 Å². The van der Waals surface area contributed by atoms with E-state index < -0.39 is 0 Å². The van der Waals surface area contributed by atoms with Crippen molar-refractivity contribution < 1.29 is 4.74 Å². The van der Waals surface area contributed by atoms with Gasteiger partial charge >= 0.3 is 0 Å². The SMILES string of the molecule is c1ccc(-n2ncc3c(SCC4CCCO4)ncnc32)cc1. The molecule has 3 heterocycles. The van der Waals surface area contributed by atoms with Crippen LogP contribution in [-0.2, 0) is 4.74 Å². The summed E-state index contributed by atoms with van der Waals surface area (Å²) in [5, 5.41) is 6.45. The van der Waals surface area contributed by atoms with Crippen LogP contribution in [0.25, 0.3) is 16.7 Å². The van der Waals surface area contributed by atoms with Crippen LogP contribution in [-0.4, -0.2) is 38.2 Å². The highest BCUT2D eigenvalue weighted by molar-refractivity contribution is 7.99. The van der Waals surface area contributed by atoms with Crippen molar-refractivity contribution in [2.75, 3.05) is 12.4 Å². The van der Waals surface area contributed by atoms with Gasteiger partial charge in [0.05, 0.1) is 23.4 Å². The Bertz CT molecular complexity index is 768. The second-order valence-corrected chi connectivity index (χ2v) is 6.26. The van der Waals surface area contributed by atoms with Gasteiger partial charge in [0.15, 0.2) is 5.65 Å². The summed E-state index contributed by atoms with van der Waals surface area (Å²) < 4.78 is 7.53. The number of aromatic nitrogens is 4. The molecule has 6 heteroatoms. The number of thioether (sulfide) groups is 1. The maximum absolute atomic E-state index is 5.68. The lowest BCUT2D eigenvalue weighted by atomic mass is 10.3. The summed E-state index contributed by atoms with van der Waals surface area (Å²) in [7, 11) is 0. The van der Waals surface area contributed by atoms with Crippen LogP contribution < -0.4 is 0 Å². The smallest absolute Gasteiger partial charge is 0.167 e. The second kappa shape index (κ2) is 6.06. The van der Waals surface area contributed by atoms with Gasteiger partial charge in [-0.15, -0.1) is 11.8 Å². The van der Waals surface area contributed by atoms with E-state index in [0.717, 1.165) is 46.9 Å². The van der Waals surface area contributed by atoms with Gasteiger partial charge in [-0.05, 0) is 25.0 Å². The first-order valence-corrected chi connectivity index (χ1v) is 8.39. The molecule has 22 heavy (non-hydrogen) atoms. The molecule has 112 valence electrons. The van der Waals surface area contributed by atoms with Crippen LogP contribution in [0.1, 0.15) is 12.8 Å². The Kier molecular flexibility index (Phi) is 3.78. The first-order chi connectivity index (χ1) is 10.9. The van der Waals surface area contributed by atoms with Crippen LogP contribution >= 0.6 is 11.8 Å². The molecule has 0 amide bonds. The van der Waals surface area contributed by atoms with E-state index in [9.17, 15) is 0 Å². The van der Waals surface area contributed by atoms with Gasteiger partial charge in [0.25, 0.3) is 0 Å². The first kappa shape index (κ1) is 13.7. The Labute approximate surface area is 132 Å². The predicted molar refractivity (Wildman–Crippen MR) is 86.4 cm³/mol. The molecule has 0 N–H and O–H groups in total. The molecule has 1 aliphatic heterocycles. The highest BCUT2D eigenvalue weighted by Gasteiger charge is 2.17. The molecular weight excluding hydrogens is 296 g/mol. The summed E-state index contributed by atoms with van der Waals surface area (Å²) >= 11 is 1.73. The minimum atomic E-state index is 0.346. The van der Waals surface area contributed by atoms with Gasteiger partial charge < -0.3 is 4.74 Å². The molecule has 0 aliphatic carbocycles. The lowest BCUT2D eigenvalue weighted by Gasteiger charge is -2.08. The number of hydrogen-bond acceptors (Lipinski definition) is 5. The number of para-hydroxylation sites is 1. The molecule has 1 aliphatic rings. The summed E-state index contributed by atoms with van der Waals surface area (Å²) in [4.78, 5) is 8.82. The summed E-state index contributed by atoms with van der Waals surface area (Å²) in [5.74, 6) is 0.933. The fourth-order valence-electron chi connectivity index (χ4n) is 2.64. The Morgan fingerprint density at radius 2 is 2.14 bits per heavy atom. The number of nitrogens with zero attached hydrogens (tertiary/aromatic N) is 4. The summed E-state index contributed by atoms with van der Waals surface area (Å²) in [5.41, 5.74) is 1.85. The summed E-state index contributed by atoms with van der Waals surface area (Å²) in [6, 6.07) is 10.0. The molecule has 0 radical (unpaired) electrons. The van der Waals surface area contributed by atoms with Gasteiger partial charge in [0, 0.05) is 12.4 Å². The summed E-state index contributed by atoms with van der Waals surface area (Å²) in [6.45, 7) is 0.885. The van der Waals surface area contributed by atoms with E-state index in [1.807, 2.05) is 41.2 Å². The number of rotatable bonds is 4. The molecule has 1 saturated heterocycles. The van der Waals surface area contributed by atoms with Crippen molar-refractivity contribution in [3.05, 3.63) is 42.9 Å². The molecule has 5 nitrogen and oxygen atoms in total. The second-order valence-electron chi connectivity index (χ2n) is 5.25. The molecule has 4 rings (SSSR count). The Hall–Kier alpha value is -1.92. The van der Waals surface area contributed by atoms with Crippen LogP contribution in [0.5, 0.6) is 0 Å². The molecule has 3 aromatic rings. The van der Waals surface area contributed by atoms with Crippen LogP contribution in [0.15, 0.2) is 47.9 Å². The van der Waals surface area contributed by atoms with E-state index >= 15 is 0 Å². The van der Waals surface area contributed by atoms with Crippen molar-refractivity contribution in [1.29, 1.82) is 0 Å². The summed E-state index contributed by atoms with van der Waals surface area (Å²) in [6.07, 6.45) is 6.11. The maximum atomic E-state index is 5.68. The Balaban J connectivity index is 1.65. The maximum Gasteiger partial charge on any atom is 0.167 e. The van der Waals surface area contributed by atoms with Crippen molar-refractivity contribution in [2.45, 2.75) is 24.0 Å². The molecule has 1 unspecified atom stereocenters. The van der Waals surface area contributed by atoms with Crippen LogP contribution in [0, 0.1) is 0 Å². The van der Waals surface area contributed by atoms with E-state index in [2.05, 4.69) is 15.1 Å². The lowest BCUT2D eigenvalue weighted by Crippen LogP contribution is -2.08. The molecule has 1 aromatic carbocycles. The third kappa shape index (κ3) is 2.60. The van der Waals surface area contributed by atoms with Crippen molar-refractivity contribution in [3.8, 4) is 5.69 Å². The Morgan fingerprint density at radius 3 is 2.95 bits per heavy atom. The third-order valence-electron chi connectivity index (χ3n) is 3.76. The zero-order chi connectivity index (χ0) is 14.8. The fraction of sp³-hybridized carbons (Fsp3) is 0.312. The van der Waals surface area contributed by atoms with Crippen molar-refractivity contribution in [3.63, 3.8) is 0 Å². The van der Waals surface area contributed by atoms with Crippen LogP contribution in [0.4, 0.5) is 0 Å². The first-order valence-electron chi connectivity index (χ1n) is 7.40. The van der Waals surface area contributed by atoms with Crippen LogP contribution in [0.2, 0.25) is 0 Å². The van der Waals surface area contributed by atoms with E-state index in [0.29, 0.717) is 6.10 Å². The van der Waals surface area contributed by atoms with Crippen molar-refractivity contribution >= 4 is 22.8 Å². The van der Waals surface area contributed by atoms with Gasteiger partial charge in [-0.25, -0.2) is 14.6 Å². The van der Waals surface area contributed by atoms with E-state index in [-0.39, 0.29) is 0 Å². The number of fused-ring (bicyclic) bond motifs is 1. The lowest BCUT2D eigenvalue weighted by molar-refractivity contribution is 0.129. The minimum absolute atomic E-state index is 0.346. The average Bonchev–Trinajstić information content (AvgIpc) is 3.23. The molecule has 2 aromatic heterocycles. The molecule has 1 fully saturated rings. The molecule has 0 spiro atoms. The van der Waals surface area contributed by atoms with Crippen molar-refractivity contribution in [2.24, 2.45) is 0 Å². The highest BCUT2D eigenvalue weighted by atomic mass is 32.2. The standard InChI is InChI=1S/C16H16N4OS/c1-2-5-12(6-3-1)20-15-14(9-19-20)16(18-11-17-15)22-10-13-7-4-8-21-13/h1-3,5-6,9,11,13H,4,7-8,10H2.